The Labute approximate surface area is 181 Å². The van der Waals surface area contributed by atoms with Crippen LogP contribution >= 0.6 is 27.7 Å². The first-order valence-electron chi connectivity index (χ1n) is 9.08. The van der Waals surface area contributed by atoms with E-state index in [1.165, 1.54) is 4.90 Å². The molecule has 154 valence electrons. The summed E-state index contributed by atoms with van der Waals surface area (Å²) < 4.78 is 11.5. The molecule has 2 aliphatic heterocycles. The summed E-state index contributed by atoms with van der Waals surface area (Å²) in [6.07, 6.45) is 3.22. The average molecular weight is 481 g/mol. The number of carbonyl (C=O) groups is 3. The molecule has 9 heteroatoms. The minimum Gasteiger partial charge on any atom is -0.483 e. The molecule has 0 aromatic heterocycles. The fourth-order valence-corrected chi connectivity index (χ4v) is 4.28. The molecule has 3 rings (SSSR count). The Bertz CT molecular complexity index is 866. The van der Waals surface area contributed by atoms with Crippen molar-refractivity contribution in [1.82, 2.24) is 9.80 Å². The molecule has 7 nitrogen and oxygen atoms in total. The third kappa shape index (κ3) is 5.09. The number of hydrogen-bond acceptors (Lipinski definition) is 6. The van der Waals surface area contributed by atoms with Crippen LogP contribution in [0.2, 0.25) is 0 Å². The molecule has 0 saturated carbocycles. The highest BCUT2D eigenvalue weighted by molar-refractivity contribution is 9.10. The summed E-state index contributed by atoms with van der Waals surface area (Å²) in [6.45, 7) is 7.55. The lowest BCUT2D eigenvalue weighted by Gasteiger charge is -2.26. The second-order valence-electron chi connectivity index (χ2n) is 6.50. The van der Waals surface area contributed by atoms with Crippen molar-refractivity contribution in [1.29, 1.82) is 0 Å². The van der Waals surface area contributed by atoms with E-state index < -0.39 is 0 Å². The minimum atomic E-state index is -0.361. The van der Waals surface area contributed by atoms with Crippen molar-refractivity contribution in [2.24, 2.45) is 0 Å². The van der Waals surface area contributed by atoms with Gasteiger partial charge in [0.05, 0.1) is 28.6 Å². The van der Waals surface area contributed by atoms with Gasteiger partial charge in [-0.1, -0.05) is 12.1 Å². The number of carbonyl (C=O) groups excluding carboxylic acids is 3. The second kappa shape index (κ2) is 9.60. The summed E-state index contributed by atoms with van der Waals surface area (Å²) >= 11 is 4.34. The molecule has 0 spiro atoms. The van der Waals surface area contributed by atoms with E-state index >= 15 is 0 Å². The molecule has 0 N–H and O–H groups in total. The number of hydrogen-bond donors (Lipinski definition) is 0. The molecule has 2 heterocycles. The van der Waals surface area contributed by atoms with E-state index in [1.54, 1.807) is 42.2 Å². The number of imide groups is 1. The Morgan fingerprint density at radius 3 is 2.76 bits per heavy atom. The van der Waals surface area contributed by atoms with Gasteiger partial charge in [0.2, 0.25) is 0 Å². The van der Waals surface area contributed by atoms with Crippen LogP contribution in [0.5, 0.6) is 5.75 Å². The van der Waals surface area contributed by atoms with E-state index in [-0.39, 0.29) is 29.7 Å². The van der Waals surface area contributed by atoms with Crippen molar-refractivity contribution in [3.05, 3.63) is 45.8 Å². The number of morpholine rings is 1. The molecule has 3 amide bonds. The van der Waals surface area contributed by atoms with Crippen molar-refractivity contribution in [2.45, 2.75) is 13.0 Å². The first-order valence-corrected chi connectivity index (χ1v) is 10.7. The van der Waals surface area contributed by atoms with Crippen LogP contribution in [-0.4, -0.2) is 65.8 Å². The lowest BCUT2D eigenvalue weighted by molar-refractivity contribution is -0.137. The first kappa shape index (κ1) is 21.6. The van der Waals surface area contributed by atoms with Gasteiger partial charge in [-0.3, -0.25) is 19.3 Å². The molecule has 2 saturated heterocycles. The molecule has 1 aromatic carbocycles. The summed E-state index contributed by atoms with van der Waals surface area (Å²) in [5.74, 6) is 0.103. The lowest BCUT2D eigenvalue weighted by atomic mass is 10.2. The van der Waals surface area contributed by atoms with E-state index in [2.05, 4.69) is 22.5 Å². The summed E-state index contributed by atoms with van der Waals surface area (Å²) in [4.78, 5) is 40.0. The van der Waals surface area contributed by atoms with Crippen molar-refractivity contribution in [3.8, 4) is 5.75 Å². The fourth-order valence-electron chi connectivity index (χ4n) is 2.86. The van der Waals surface area contributed by atoms with Gasteiger partial charge in [-0.25, -0.2) is 0 Å². The Morgan fingerprint density at radius 2 is 2.10 bits per heavy atom. The molecule has 0 unspecified atom stereocenters. The van der Waals surface area contributed by atoms with Gasteiger partial charge in [0.1, 0.15) is 5.75 Å². The zero-order valence-corrected chi connectivity index (χ0v) is 18.3. The topological polar surface area (TPSA) is 76.2 Å². The maximum Gasteiger partial charge on any atom is 0.294 e. The number of rotatable bonds is 6. The van der Waals surface area contributed by atoms with Gasteiger partial charge in [-0.2, -0.15) is 0 Å². The average Bonchev–Trinajstić information content (AvgIpc) is 3.00. The summed E-state index contributed by atoms with van der Waals surface area (Å²) in [6, 6.07) is 4.91. The third-order valence-electron chi connectivity index (χ3n) is 4.54. The monoisotopic (exact) mass is 480 g/mol. The summed E-state index contributed by atoms with van der Waals surface area (Å²) in [5, 5.41) is -0.311. The van der Waals surface area contributed by atoms with E-state index in [0.717, 1.165) is 17.3 Å². The number of amides is 3. The highest BCUT2D eigenvalue weighted by atomic mass is 79.9. The molecule has 29 heavy (non-hydrogen) atoms. The Kier molecular flexibility index (Phi) is 7.15. The smallest absolute Gasteiger partial charge is 0.294 e. The van der Waals surface area contributed by atoms with Crippen LogP contribution in [0.15, 0.2) is 40.2 Å². The maximum atomic E-state index is 12.5. The van der Waals surface area contributed by atoms with Crippen LogP contribution in [0, 0.1) is 0 Å². The Morgan fingerprint density at radius 1 is 1.38 bits per heavy atom. The Hall–Kier alpha value is -2.10. The van der Waals surface area contributed by atoms with E-state index in [9.17, 15) is 14.4 Å². The molecular formula is C20H21BrN2O5S. The number of ether oxygens (including phenoxy) is 2. The normalized spacial score (nSPS) is 19.6. The van der Waals surface area contributed by atoms with Gasteiger partial charge in [0, 0.05) is 13.1 Å². The summed E-state index contributed by atoms with van der Waals surface area (Å²) in [5.41, 5.74) is 0.737. The standard InChI is InChI=1S/C20H21BrN2O5S/c1-3-13(2)23-19(25)17(29-20(23)26)11-14-4-5-16(15(21)10-14)28-12-18(24)22-6-8-27-9-7-22/h3-5,10-11,13H,1,6-9,12H2,2H3/b17-11-/t13-/m0/s1. The number of nitrogens with zero attached hydrogens (tertiary/aromatic N) is 2. The predicted octanol–water partition coefficient (Wildman–Crippen LogP) is 3.30. The zero-order chi connectivity index (χ0) is 21.0. The highest BCUT2D eigenvalue weighted by Crippen LogP contribution is 2.35. The van der Waals surface area contributed by atoms with Gasteiger partial charge in [-0.05, 0) is 58.4 Å². The van der Waals surface area contributed by atoms with Crippen LogP contribution in [0.1, 0.15) is 12.5 Å². The van der Waals surface area contributed by atoms with Gasteiger partial charge in [-0.15, -0.1) is 6.58 Å². The largest absolute Gasteiger partial charge is 0.483 e. The first-order chi connectivity index (χ1) is 13.9. The SMILES string of the molecule is C=C[C@H](C)N1C(=O)S/C(=C\c2ccc(OCC(=O)N3CCOCC3)c(Br)c2)C1=O. The fraction of sp³-hybridized carbons (Fsp3) is 0.350. The maximum absolute atomic E-state index is 12.5. The third-order valence-corrected chi connectivity index (χ3v) is 6.04. The predicted molar refractivity (Wildman–Crippen MR) is 115 cm³/mol. The molecule has 0 bridgehead atoms. The molecule has 0 radical (unpaired) electrons. The highest BCUT2D eigenvalue weighted by Gasteiger charge is 2.37. The lowest BCUT2D eigenvalue weighted by Crippen LogP contribution is -2.43. The zero-order valence-electron chi connectivity index (χ0n) is 15.9. The van der Waals surface area contributed by atoms with E-state index in [1.807, 2.05) is 0 Å². The minimum absolute atomic E-state index is 0.0592. The second-order valence-corrected chi connectivity index (χ2v) is 8.35. The molecular weight excluding hydrogens is 460 g/mol. The van der Waals surface area contributed by atoms with Gasteiger partial charge in [0.25, 0.3) is 17.1 Å². The van der Waals surface area contributed by atoms with Gasteiger partial charge in [0.15, 0.2) is 6.61 Å². The van der Waals surface area contributed by atoms with Crippen LogP contribution in [0.3, 0.4) is 0 Å². The van der Waals surface area contributed by atoms with E-state index in [0.29, 0.717) is 41.4 Å². The number of thioether (sulfide) groups is 1. The van der Waals surface area contributed by atoms with E-state index in [4.69, 9.17) is 9.47 Å². The number of benzene rings is 1. The molecule has 1 atom stereocenters. The molecule has 0 aliphatic carbocycles. The van der Waals surface area contributed by atoms with Crippen molar-refractivity contribution < 1.29 is 23.9 Å². The molecule has 1 aromatic rings. The molecule has 2 fully saturated rings. The summed E-state index contributed by atoms with van der Waals surface area (Å²) in [7, 11) is 0. The van der Waals surface area contributed by atoms with Gasteiger partial charge >= 0.3 is 0 Å². The van der Waals surface area contributed by atoms with Crippen molar-refractivity contribution >= 4 is 50.8 Å². The van der Waals surface area contributed by atoms with Crippen molar-refractivity contribution in [2.75, 3.05) is 32.9 Å². The van der Waals surface area contributed by atoms with Crippen LogP contribution in [0.4, 0.5) is 4.79 Å². The van der Waals surface area contributed by atoms with Crippen molar-refractivity contribution in [3.63, 3.8) is 0 Å². The van der Waals surface area contributed by atoms with Crippen LogP contribution < -0.4 is 4.74 Å². The number of halogens is 1. The van der Waals surface area contributed by atoms with Gasteiger partial charge < -0.3 is 14.4 Å². The van der Waals surface area contributed by atoms with Crippen LogP contribution in [0.25, 0.3) is 6.08 Å². The quantitative estimate of drug-likeness (QED) is 0.459. The van der Waals surface area contributed by atoms with Crippen LogP contribution in [-0.2, 0) is 14.3 Å². The Balaban J connectivity index is 1.65. The molecule has 2 aliphatic rings.